The van der Waals surface area contributed by atoms with Crippen molar-refractivity contribution in [2.75, 3.05) is 25.0 Å². The number of ether oxygens (including phenoxy) is 1. The van der Waals surface area contributed by atoms with Crippen LogP contribution in [0, 0.1) is 0 Å². The lowest BCUT2D eigenvalue weighted by molar-refractivity contribution is -0.130. The number of rotatable bonds is 6. The van der Waals surface area contributed by atoms with Crippen LogP contribution >= 0.6 is 0 Å². The second-order valence-electron chi connectivity index (χ2n) is 5.27. The number of likely N-dealkylation sites (tertiary alicyclic amines) is 1. The molecule has 2 rings (SSSR count). The Morgan fingerprint density at radius 3 is 2.55 bits per heavy atom. The molecular weight excluding hydrogens is 252 g/mol. The zero-order chi connectivity index (χ0) is 14.4. The summed E-state index contributed by atoms with van der Waals surface area (Å²) in [5.41, 5.74) is 0.953. The van der Waals surface area contributed by atoms with E-state index in [4.69, 9.17) is 4.74 Å². The van der Waals surface area contributed by atoms with Gasteiger partial charge >= 0.3 is 0 Å². The molecule has 1 atom stereocenters. The molecule has 1 fully saturated rings. The quantitative estimate of drug-likeness (QED) is 0.868. The second kappa shape index (κ2) is 7.17. The first-order valence-corrected chi connectivity index (χ1v) is 7.49. The summed E-state index contributed by atoms with van der Waals surface area (Å²) in [4.78, 5) is 14.1. The molecule has 1 unspecified atom stereocenters. The average molecular weight is 276 g/mol. The maximum atomic E-state index is 12.2. The van der Waals surface area contributed by atoms with Crippen molar-refractivity contribution >= 4 is 11.6 Å². The first-order valence-electron chi connectivity index (χ1n) is 7.49. The molecule has 0 aliphatic carbocycles. The van der Waals surface area contributed by atoms with Crippen molar-refractivity contribution in [1.82, 2.24) is 4.90 Å². The summed E-state index contributed by atoms with van der Waals surface area (Å²) in [7, 11) is 0. The van der Waals surface area contributed by atoms with Gasteiger partial charge < -0.3 is 15.0 Å². The average Bonchev–Trinajstić information content (AvgIpc) is 3.00. The van der Waals surface area contributed by atoms with Gasteiger partial charge in [-0.15, -0.1) is 0 Å². The Morgan fingerprint density at radius 1 is 1.30 bits per heavy atom. The minimum Gasteiger partial charge on any atom is -0.494 e. The van der Waals surface area contributed by atoms with E-state index in [0.29, 0.717) is 0 Å². The highest BCUT2D eigenvalue weighted by Crippen LogP contribution is 2.17. The molecule has 1 aliphatic heterocycles. The highest BCUT2D eigenvalue weighted by atomic mass is 16.5. The zero-order valence-corrected chi connectivity index (χ0v) is 12.4. The van der Waals surface area contributed by atoms with E-state index >= 15 is 0 Å². The van der Waals surface area contributed by atoms with E-state index < -0.39 is 0 Å². The third-order valence-corrected chi connectivity index (χ3v) is 3.50. The lowest BCUT2D eigenvalue weighted by Crippen LogP contribution is -2.39. The van der Waals surface area contributed by atoms with E-state index in [-0.39, 0.29) is 11.9 Å². The van der Waals surface area contributed by atoms with Crippen molar-refractivity contribution in [2.45, 2.75) is 39.2 Å². The van der Waals surface area contributed by atoms with Gasteiger partial charge in [-0.2, -0.15) is 0 Å². The van der Waals surface area contributed by atoms with E-state index in [1.807, 2.05) is 36.1 Å². The largest absolute Gasteiger partial charge is 0.494 e. The summed E-state index contributed by atoms with van der Waals surface area (Å²) in [6.07, 6.45) is 3.26. The first kappa shape index (κ1) is 14.7. The Kier molecular flexibility index (Phi) is 5.27. The first-order chi connectivity index (χ1) is 9.70. The van der Waals surface area contributed by atoms with Gasteiger partial charge in [-0.1, -0.05) is 6.92 Å². The standard InChI is InChI=1S/C16H24N2O2/c1-3-12-20-15-8-6-14(7-9-15)17-13(2)16(19)18-10-4-5-11-18/h6-9,13,17H,3-5,10-12H2,1-2H3. The molecule has 0 spiro atoms. The summed E-state index contributed by atoms with van der Waals surface area (Å²) < 4.78 is 5.54. The van der Waals surface area contributed by atoms with Crippen LogP contribution in [0.3, 0.4) is 0 Å². The van der Waals surface area contributed by atoms with Crippen LogP contribution in [0.15, 0.2) is 24.3 Å². The summed E-state index contributed by atoms with van der Waals surface area (Å²) >= 11 is 0. The SMILES string of the molecule is CCCOc1ccc(NC(C)C(=O)N2CCCC2)cc1. The van der Waals surface area contributed by atoms with E-state index in [2.05, 4.69) is 12.2 Å². The molecule has 1 aromatic rings. The summed E-state index contributed by atoms with van der Waals surface area (Å²) in [5.74, 6) is 1.06. The summed E-state index contributed by atoms with van der Waals surface area (Å²) in [6, 6.07) is 7.60. The minimum absolute atomic E-state index is 0.185. The van der Waals surface area contributed by atoms with Crippen LogP contribution in [0.5, 0.6) is 5.75 Å². The van der Waals surface area contributed by atoms with Gasteiger partial charge in [0, 0.05) is 18.8 Å². The number of nitrogens with zero attached hydrogens (tertiary/aromatic N) is 1. The number of carbonyl (C=O) groups is 1. The fourth-order valence-corrected chi connectivity index (χ4v) is 2.39. The molecule has 0 saturated carbocycles. The second-order valence-corrected chi connectivity index (χ2v) is 5.27. The van der Waals surface area contributed by atoms with Gasteiger partial charge in [0.1, 0.15) is 11.8 Å². The van der Waals surface area contributed by atoms with Gasteiger partial charge in [0.25, 0.3) is 0 Å². The van der Waals surface area contributed by atoms with Crippen molar-refractivity contribution in [2.24, 2.45) is 0 Å². The maximum absolute atomic E-state index is 12.2. The van der Waals surface area contributed by atoms with Gasteiger partial charge in [-0.3, -0.25) is 4.79 Å². The lowest BCUT2D eigenvalue weighted by Gasteiger charge is -2.22. The van der Waals surface area contributed by atoms with Crippen LogP contribution in [-0.4, -0.2) is 36.5 Å². The fourth-order valence-electron chi connectivity index (χ4n) is 2.39. The van der Waals surface area contributed by atoms with E-state index in [1.165, 1.54) is 0 Å². The molecule has 1 heterocycles. The van der Waals surface area contributed by atoms with Gasteiger partial charge in [0.2, 0.25) is 5.91 Å². The third kappa shape index (κ3) is 3.89. The van der Waals surface area contributed by atoms with Gasteiger partial charge in [-0.05, 0) is 50.5 Å². The molecule has 20 heavy (non-hydrogen) atoms. The molecule has 4 heteroatoms. The molecule has 1 amide bonds. The van der Waals surface area contributed by atoms with Gasteiger partial charge in [0.05, 0.1) is 6.61 Å². The molecule has 0 aromatic heterocycles. The Balaban J connectivity index is 1.87. The van der Waals surface area contributed by atoms with Crippen LogP contribution in [0.2, 0.25) is 0 Å². The van der Waals surface area contributed by atoms with Crippen LogP contribution in [-0.2, 0) is 4.79 Å². The highest BCUT2D eigenvalue weighted by molar-refractivity contribution is 5.84. The Labute approximate surface area is 121 Å². The van der Waals surface area contributed by atoms with E-state index in [9.17, 15) is 4.79 Å². The number of carbonyl (C=O) groups excluding carboxylic acids is 1. The minimum atomic E-state index is -0.185. The normalized spacial score (nSPS) is 16.0. The van der Waals surface area contributed by atoms with Crippen molar-refractivity contribution in [1.29, 1.82) is 0 Å². The highest BCUT2D eigenvalue weighted by Gasteiger charge is 2.22. The molecule has 1 N–H and O–H groups in total. The number of hydrogen-bond acceptors (Lipinski definition) is 3. The lowest BCUT2D eigenvalue weighted by atomic mass is 10.2. The number of nitrogens with one attached hydrogen (secondary N) is 1. The molecular formula is C16H24N2O2. The number of hydrogen-bond donors (Lipinski definition) is 1. The molecule has 0 bridgehead atoms. The van der Waals surface area contributed by atoms with Crippen molar-refractivity contribution in [3.63, 3.8) is 0 Å². The molecule has 0 radical (unpaired) electrons. The van der Waals surface area contributed by atoms with Crippen LogP contribution in [0.25, 0.3) is 0 Å². The monoisotopic (exact) mass is 276 g/mol. The number of benzene rings is 1. The number of amides is 1. The topological polar surface area (TPSA) is 41.6 Å². The van der Waals surface area contributed by atoms with E-state index in [0.717, 1.165) is 50.4 Å². The van der Waals surface area contributed by atoms with Crippen LogP contribution in [0.1, 0.15) is 33.1 Å². The molecule has 4 nitrogen and oxygen atoms in total. The smallest absolute Gasteiger partial charge is 0.244 e. The van der Waals surface area contributed by atoms with Crippen molar-refractivity contribution < 1.29 is 9.53 Å². The van der Waals surface area contributed by atoms with Gasteiger partial charge in [-0.25, -0.2) is 0 Å². The molecule has 1 aromatic carbocycles. The summed E-state index contributed by atoms with van der Waals surface area (Å²) in [6.45, 7) is 6.53. The van der Waals surface area contributed by atoms with Crippen LogP contribution in [0.4, 0.5) is 5.69 Å². The Hall–Kier alpha value is -1.71. The maximum Gasteiger partial charge on any atom is 0.244 e. The predicted octanol–water partition coefficient (Wildman–Crippen LogP) is 2.90. The molecule has 1 saturated heterocycles. The zero-order valence-electron chi connectivity index (χ0n) is 12.4. The number of anilines is 1. The van der Waals surface area contributed by atoms with E-state index in [1.54, 1.807) is 0 Å². The van der Waals surface area contributed by atoms with Crippen molar-refractivity contribution in [3.05, 3.63) is 24.3 Å². The Morgan fingerprint density at radius 2 is 1.95 bits per heavy atom. The van der Waals surface area contributed by atoms with Crippen LogP contribution < -0.4 is 10.1 Å². The fraction of sp³-hybridized carbons (Fsp3) is 0.562. The summed E-state index contributed by atoms with van der Waals surface area (Å²) in [5, 5.41) is 3.26. The molecule has 110 valence electrons. The Bertz CT molecular complexity index is 425. The van der Waals surface area contributed by atoms with Gasteiger partial charge in [0.15, 0.2) is 0 Å². The predicted molar refractivity (Wildman–Crippen MR) is 81.1 cm³/mol. The van der Waals surface area contributed by atoms with Crippen molar-refractivity contribution in [3.8, 4) is 5.75 Å². The third-order valence-electron chi connectivity index (χ3n) is 3.50. The molecule has 1 aliphatic rings.